The molecule has 1 atom stereocenters. The van der Waals surface area contributed by atoms with Crippen LogP contribution in [0.1, 0.15) is 29.7 Å². The Morgan fingerprint density at radius 1 is 1.06 bits per heavy atom. The zero-order chi connectivity index (χ0) is 23.3. The summed E-state index contributed by atoms with van der Waals surface area (Å²) < 4.78 is 16.9. The Morgan fingerprint density at radius 3 is 2.48 bits per heavy atom. The second-order valence-electron chi connectivity index (χ2n) is 7.68. The molecule has 0 aliphatic rings. The van der Waals surface area contributed by atoms with Gasteiger partial charge in [-0.3, -0.25) is 4.99 Å². The Labute approximate surface area is 215 Å². The zero-order valence-corrected chi connectivity index (χ0v) is 23.0. The number of aryl methyl sites for hydroxylation is 1. The first kappa shape index (κ1) is 29.0. The first-order valence-electron chi connectivity index (χ1n) is 11.0. The maximum Gasteiger partial charge on any atom is 0.191 e. The number of para-hydroxylation sites is 1. The van der Waals surface area contributed by atoms with Crippen molar-refractivity contribution in [3.63, 3.8) is 0 Å². The maximum absolute atomic E-state index is 5.95. The van der Waals surface area contributed by atoms with Gasteiger partial charge in [-0.15, -0.1) is 24.0 Å². The van der Waals surface area contributed by atoms with E-state index in [2.05, 4.69) is 65.8 Å². The molecule has 2 aromatic carbocycles. The summed E-state index contributed by atoms with van der Waals surface area (Å²) in [5.74, 6) is 2.48. The largest absolute Gasteiger partial charge is 0.496 e. The number of guanidine groups is 1. The number of hydrogen-bond acceptors (Lipinski definition) is 5. The van der Waals surface area contributed by atoms with Crippen molar-refractivity contribution < 1.29 is 14.2 Å². The van der Waals surface area contributed by atoms with E-state index in [9.17, 15) is 0 Å². The minimum atomic E-state index is 0. The van der Waals surface area contributed by atoms with Gasteiger partial charge in [0.1, 0.15) is 18.1 Å². The molecule has 0 saturated carbocycles. The van der Waals surface area contributed by atoms with Crippen LogP contribution in [0.15, 0.2) is 47.5 Å². The molecule has 0 spiro atoms. The van der Waals surface area contributed by atoms with Crippen LogP contribution in [-0.4, -0.2) is 65.5 Å². The van der Waals surface area contributed by atoms with Gasteiger partial charge in [0.25, 0.3) is 0 Å². The normalized spacial score (nSPS) is 12.2. The minimum Gasteiger partial charge on any atom is -0.496 e. The number of halogens is 1. The molecule has 0 heterocycles. The molecular formula is C25H39IN4O3. The van der Waals surface area contributed by atoms with Gasteiger partial charge in [-0.1, -0.05) is 30.3 Å². The quantitative estimate of drug-likeness (QED) is 0.174. The fourth-order valence-corrected chi connectivity index (χ4v) is 3.40. The summed E-state index contributed by atoms with van der Waals surface area (Å²) in [7, 11) is 7.60. The van der Waals surface area contributed by atoms with Crippen molar-refractivity contribution in [1.82, 2.24) is 15.5 Å². The van der Waals surface area contributed by atoms with Gasteiger partial charge in [0.2, 0.25) is 0 Å². The highest BCUT2D eigenvalue weighted by atomic mass is 127. The third kappa shape index (κ3) is 9.38. The molecule has 0 saturated heterocycles. The first-order chi connectivity index (χ1) is 15.5. The highest BCUT2D eigenvalue weighted by Gasteiger charge is 2.18. The van der Waals surface area contributed by atoms with Crippen LogP contribution in [0.5, 0.6) is 11.5 Å². The smallest absolute Gasteiger partial charge is 0.191 e. The van der Waals surface area contributed by atoms with Crippen molar-refractivity contribution in [2.75, 3.05) is 54.6 Å². The maximum atomic E-state index is 5.95. The summed E-state index contributed by atoms with van der Waals surface area (Å²) in [5.41, 5.74) is 3.36. The van der Waals surface area contributed by atoms with Gasteiger partial charge in [0, 0.05) is 37.9 Å². The van der Waals surface area contributed by atoms with Gasteiger partial charge in [-0.05, 0) is 45.6 Å². The van der Waals surface area contributed by atoms with E-state index in [0.29, 0.717) is 32.9 Å². The molecule has 2 aromatic rings. The molecule has 0 fully saturated rings. The Kier molecular flexibility index (Phi) is 13.8. The van der Waals surface area contributed by atoms with Gasteiger partial charge in [0.05, 0.1) is 19.8 Å². The van der Waals surface area contributed by atoms with Crippen molar-refractivity contribution >= 4 is 29.9 Å². The van der Waals surface area contributed by atoms with Gasteiger partial charge in [-0.25, -0.2) is 0 Å². The van der Waals surface area contributed by atoms with Gasteiger partial charge < -0.3 is 29.7 Å². The minimum absolute atomic E-state index is 0. The lowest BCUT2D eigenvalue weighted by molar-refractivity contribution is 0.110. The third-order valence-corrected chi connectivity index (χ3v) is 5.17. The monoisotopic (exact) mass is 570 g/mol. The number of rotatable bonds is 12. The molecule has 33 heavy (non-hydrogen) atoms. The Bertz CT molecular complexity index is 861. The van der Waals surface area contributed by atoms with Crippen LogP contribution in [-0.2, 0) is 11.3 Å². The van der Waals surface area contributed by atoms with E-state index in [-0.39, 0.29) is 30.0 Å². The Morgan fingerprint density at radius 2 is 1.82 bits per heavy atom. The highest BCUT2D eigenvalue weighted by Crippen LogP contribution is 2.27. The Hall–Kier alpha value is -2.04. The molecule has 8 heteroatoms. The van der Waals surface area contributed by atoms with E-state index < -0.39 is 0 Å². The molecule has 0 amide bonds. The fraction of sp³-hybridized carbons (Fsp3) is 0.480. The molecule has 1 unspecified atom stereocenters. The lowest BCUT2D eigenvalue weighted by Gasteiger charge is -2.27. The number of benzene rings is 2. The molecule has 0 aliphatic heterocycles. The predicted octanol–water partition coefficient (Wildman–Crippen LogP) is 4.00. The topological polar surface area (TPSA) is 67.3 Å². The number of methoxy groups -OCH3 is 1. The first-order valence-corrected chi connectivity index (χ1v) is 11.0. The lowest BCUT2D eigenvalue weighted by atomic mass is 10.0. The predicted molar refractivity (Wildman–Crippen MR) is 146 cm³/mol. The van der Waals surface area contributed by atoms with Crippen LogP contribution in [0.3, 0.4) is 0 Å². The molecule has 0 bridgehead atoms. The average molecular weight is 571 g/mol. The molecular weight excluding hydrogens is 531 g/mol. The molecule has 7 nitrogen and oxygen atoms in total. The second-order valence-corrected chi connectivity index (χ2v) is 7.68. The van der Waals surface area contributed by atoms with Crippen molar-refractivity contribution in [2.45, 2.75) is 26.4 Å². The van der Waals surface area contributed by atoms with E-state index in [0.717, 1.165) is 34.1 Å². The number of likely N-dealkylation sites (N-methyl/N-ethyl adjacent to an activating group) is 1. The summed E-state index contributed by atoms with van der Waals surface area (Å²) in [6, 6.07) is 14.5. The summed E-state index contributed by atoms with van der Waals surface area (Å²) >= 11 is 0. The SMILES string of the molecule is CCOCCOc1cc(C)ccc1CNC(=NC)NCC(c1ccccc1OC)N(C)C.I. The number of nitrogens with one attached hydrogen (secondary N) is 2. The van der Waals surface area contributed by atoms with Gasteiger partial charge in [-0.2, -0.15) is 0 Å². The van der Waals surface area contributed by atoms with Crippen LogP contribution < -0.4 is 20.1 Å². The van der Waals surface area contributed by atoms with Crippen LogP contribution in [0, 0.1) is 6.92 Å². The molecule has 2 N–H and O–H groups in total. The van der Waals surface area contributed by atoms with Crippen LogP contribution in [0.25, 0.3) is 0 Å². The summed E-state index contributed by atoms with van der Waals surface area (Å²) in [5, 5.41) is 6.84. The lowest BCUT2D eigenvalue weighted by Crippen LogP contribution is -2.41. The van der Waals surface area contributed by atoms with E-state index >= 15 is 0 Å². The van der Waals surface area contributed by atoms with Crippen molar-refractivity contribution in [2.24, 2.45) is 4.99 Å². The Balaban J connectivity index is 0.00000544. The number of ether oxygens (including phenoxy) is 3. The van der Waals surface area contributed by atoms with Crippen LogP contribution >= 0.6 is 24.0 Å². The van der Waals surface area contributed by atoms with Crippen molar-refractivity contribution in [3.05, 3.63) is 59.2 Å². The second kappa shape index (κ2) is 15.7. The number of nitrogens with zero attached hydrogens (tertiary/aromatic N) is 2. The van der Waals surface area contributed by atoms with Crippen LogP contribution in [0.2, 0.25) is 0 Å². The summed E-state index contributed by atoms with van der Waals surface area (Å²) in [4.78, 5) is 6.56. The van der Waals surface area contributed by atoms with Gasteiger partial charge in [0.15, 0.2) is 5.96 Å². The standard InChI is InChI=1S/C25H38N4O3.HI/c1-7-31-14-15-32-24-16-19(2)12-13-20(24)17-27-25(26-3)28-18-22(29(4)5)21-10-8-9-11-23(21)30-6;/h8-13,16,22H,7,14-15,17-18H2,1-6H3,(H2,26,27,28);1H. The molecule has 0 aliphatic carbocycles. The zero-order valence-electron chi connectivity index (χ0n) is 20.7. The molecule has 184 valence electrons. The summed E-state index contributed by atoms with van der Waals surface area (Å²) in [6.07, 6.45) is 0. The van der Waals surface area contributed by atoms with E-state index in [1.807, 2.05) is 25.1 Å². The molecule has 0 aromatic heterocycles. The highest BCUT2D eigenvalue weighted by molar-refractivity contribution is 14.0. The third-order valence-electron chi connectivity index (χ3n) is 5.17. The van der Waals surface area contributed by atoms with Crippen molar-refractivity contribution in [1.29, 1.82) is 0 Å². The van der Waals surface area contributed by atoms with E-state index in [1.54, 1.807) is 14.2 Å². The summed E-state index contributed by atoms with van der Waals surface area (Å²) in [6.45, 7) is 7.12. The molecule has 0 radical (unpaired) electrons. The average Bonchev–Trinajstić information content (AvgIpc) is 2.79. The number of aliphatic imine (C=N–C) groups is 1. The number of hydrogen-bond donors (Lipinski definition) is 2. The van der Waals surface area contributed by atoms with E-state index in [4.69, 9.17) is 14.2 Å². The van der Waals surface area contributed by atoms with Crippen LogP contribution in [0.4, 0.5) is 0 Å². The fourth-order valence-electron chi connectivity index (χ4n) is 3.40. The molecule has 2 rings (SSSR count). The van der Waals surface area contributed by atoms with Gasteiger partial charge >= 0.3 is 0 Å². The van der Waals surface area contributed by atoms with Crippen molar-refractivity contribution in [3.8, 4) is 11.5 Å². The van der Waals surface area contributed by atoms with E-state index in [1.165, 1.54) is 0 Å².